The minimum absolute atomic E-state index is 0.363. The number of hydrogen-bond acceptors (Lipinski definition) is 2. The van der Waals surface area contributed by atoms with E-state index in [0.717, 1.165) is 12.1 Å². The van der Waals surface area contributed by atoms with Crippen LogP contribution >= 0.6 is 0 Å². The molecule has 0 amide bonds. The van der Waals surface area contributed by atoms with Crippen molar-refractivity contribution in [1.82, 2.24) is 4.90 Å². The quantitative estimate of drug-likeness (QED) is 0.829. The van der Waals surface area contributed by atoms with Gasteiger partial charge in [0.15, 0.2) is 0 Å². The molecule has 0 atom stereocenters. The number of carboxylic acid groups (broad SMARTS) is 1. The summed E-state index contributed by atoms with van der Waals surface area (Å²) < 4.78 is 0. The fraction of sp³-hybridized carbons (Fsp3) is 0.400. The van der Waals surface area contributed by atoms with Gasteiger partial charge in [-0.25, -0.2) is 4.79 Å². The van der Waals surface area contributed by atoms with Crippen molar-refractivity contribution in [3.8, 4) is 0 Å². The molecule has 1 aromatic carbocycles. The minimum Gasteiger partial charge on any atom is -0.478 e. The maximum Gasteiger partial charge on any atom is 0.331 e. The van der Waals surface area contributed by atoms with Gasteiger partial charge in [0.25, 0.3) is 0 Å². The van der Waals surface area contributed by atoms with E-state index in [0.29, 0.717) is 5.57 Å². The van der Waals surface area contributed by atoms with Crippen LogP contribution in [-0.2, 0) is 11.3 Å². The molecule has 3 nitrogen and oxygen atoms in total. The number of carbonyl (C=O) groups is 1. The van der Waals surface area contributed by atoms with Crippen molar-refractivity contribution in [3.05, 3.63) is 41.0 Å². The van der Waals surface area contributed by atoms with Crippen LogP contribution in [0.1, 0.15) is 30.9 Å². The lowest BCUT2D eigenvalue weighted by atomic mass is 10.1. The first-order valence-electron chi connectivity index (χ1n) is 6.38. The predicted octanol–water partition coefficient (Wildman–Crippen LogP) is 2.77. The van der Waals surface area contributed by atoms with Gasteiger partial charge in [-0.2, -0.15) is 0 Å². The lowest BCUT2D eigenvalue weighted by molar-refractivity contribution is -0.132. The van der Waals surface area contributed by atoms with Crippen LogP contribution in [-0.4, -0.2) is 29.1 Å². The molecule has 96 valence electrons. The summed E-state index contributed by atoms with van der Waals surface area (Å²) in [5, 5.41) is 8.81. The summed E-state index contributed by atoms with van der Waals surface area (Å²) in [5.74, 6) is -0.865. The summed E-state index contributed by atoms with van der Waals surface area (Å²) >= 11 is 0. The van der Waals surface area contributed by atoms with Gasteiger partial charge in [-0.15, -0.1) is 0 Å². The Labute approximate surface area is 108 Å². The molecule has 0 aliphatic carbocycles. The van der Waals surface area contributed by atoms with E-state index in [1.54, 1.807) is 13.0 Å². The zero-order valence-electron chi connectivity index (χ0n) is 10.7. The second-order valence-electron chi connectivity index (χ2n) is 4.86. The first-order chi connectivity index (χ1) is 8.65. The van der Waals surface area contributed by atoms with E-state index >= 15 is 0 Å². The van der Waals surface area contributed by atoms with Crippen LogP contribution in [0.25, 0.3) is 6.08 Å². The third kappa shape index (κ3) is 3.44. The molecular formula is C15H19NO2. The molecule has 0 spiro atoms. The molecular weight excluding hydrogens is 226 g/mol. The second kappa shape index (κ2) is 5.83. The summed E-state index contributed by atoms with van der Waals surface area (Å²) in [4.78, 5) is 13.2. The van der Waals surface area contributed by atoms with Crippen molar-refractivity contribution in [2.75, 3.05) is 13.1 Å². The Bertz CT molecular complexity index is 442. The Kier molecular flexibility index (Phi) is 4.15. The zero-order chi connectivity index (χ0) is 13.0. The highest BCUT2D eigenvalue weighted by atomic mass is 16.4. The lowest BCUT2D eigenvalue weighted by Crippen LogP contribution is -2.18. The van der Waals surface area contributed by atoms with Crippen molar-refractivity contribution in [2.45, 2.75) is 26.3 Å². The van der Waals surface area contributed by atoms with Crippen molar-refractivity contribution < 1.29 is 9.90 Å². The maximum atomic E-state index is 10.7. The van der Waals surface area contributed by atoms with Gasteiger partial charge >= 0.3 is 5.97 Å². The van der Waals surface area contributed by atoms with Crippen LogP contribution in [0.4, 0.5) is 0 Å². The highest BCUT2D eigenvalue weighted by Gasteiger charge is 2.11. The Hall–Kier alpha value is -1.61. The summed E-state index contributed by atoms with van der Waals surface area (Å²) in [6, 6.07) is 8.13. The third-order valence-corrected chi connectivity index (χ3v) is 3.31. The van der Waals surface area contributed by atoms with Gasteiger partial charge in [0.2, 0.25) is 0 Å². The van der Waals surface area contributed by atoms with Crippen LogP contribution in [0.15, 0.2) is 29.8 Å². The number of carboxylic acids is 1. The smallest absolute Gasteiger partial charge is 0.331 e. The van der Waals surface area contributed by atoms with Gasteiger partial charge in [0.1, 0.15) is 0 Å². The molecule has 1 N–H and O–H groups in total. The van der Waals surface area contributed by atoms with E-state index in [-0.39, 0.29) is 0 Å². The van der Waals surface area contributed by atoms with Crippen LogP contribution in [0.3, 0.4) is 0 Å². The van der Waals surface area contributed by atoms with E-state index in [2.05, 4.69) is 17.0 Å². The van der Waals surface area contributed by atoms with E-state index < -0.39 is 5.97 Å². The Morgan fingerprint density at radius 1 is 1.28 bits per heavy atom. The second-order valence-corrected chi connectivity index (χ2v) is 4.86. The monoisotopic (exact) mass is 245 g/mol. The maximum absolute atomic E-state index is 10.7. The predicted molar refractivity (Wildman–Crippen MR) is 72.2 cm³/mol. The molecule has 3 heteroatoms. The fourth-order valence-electron chi connectivity index (χ4n) is 2.23. The number of likely N-dealkylation sites (tertiary alicyclic amines) is 1. The average molecular weight is 245 g/mol. The number of aliphatic carboxylic acids is 1. The number of rotatable bonds is 4. The molecule has 1 aromatic rings. The molecule has 1 aliphatic heterocycles. The van der Waals surface area contributed by atoms with Crippen molar-refractivity contribution in [2.24, 2.45) is 0 Å². The van der Waals surface area contributed by atoms with E-state index in [1.807, 2.05) is 12.1 Å². The molecule has 1 aliphatic rings. The topological polar surface area (TPSA) is 40.5 Å². The Balaban J connectivity index is 2.00. The highest BCUT2D eigenvalue weighted by molar-refractivity contribution is 5.91. The fourth-order valence-corrected chi connectivity index (χ4v) is 2.23. The Morgan fingerprint density at radius 3 is 2.44 bits per heavy atom. The normalized spacial score (nSPS) is 17.1. The SMILES string of the molecule is C/C(=C\c1ccc(CN2CCCC2)cc1)C(=O)O. The number of nitrogens with zero attached hydrogens (tertiary/aromatic N) is 1. The zero-order valence-corrected chi connectivity index (χ0v) is 10.7. The lowest BCUT2D eigenvalue weighted by Gasteiger charge is -2.14. The summed E-state index contributed by atoms with van der Waals surface area (Å²) in [6.07, 6.45) is 4.30. The largest absolute Gasteiger partial charge is 0.478 e. The molecule has 0 bridgehead atoms. The first-order valence-corrected chi connectivity index (χ1v) is 6.38. The molecule has 0 radical (unpaired) electrons. The third-order valence-electron chi connectivity index (χ3n) is 3.31. The molecule has 18 heavy (non-hydrogen) atoms. The van der Waals surface area contributed by atoms with Gasteiger partial charge in [-0.05, 0) is 50.1 Å². The molecule has 1 fully saturated rings. The molecule has 1 heterocycles. The molecule has 2 rings (SSSR count). The van der Waals surface area contributed by atoms with Gasteiger partial charge in [-0.3, -0.25) is 4.90 Å². The Morgan fingerprint density at radius 2 is 1.89 bits per heavy atom. The van der Waals surface area contributed by atoms with Crippen LogP contribution in [0.2, 0.25) is 0 Å². The van der Waals surface area contributed by atoms with Crippen LogP contribution in [0, 0.1) is 0 Å². The van der Waals surface area contributed by atoms with E-state index in [1.165, 1.54) is 31.5 Å². The molecule has 0 aromatic heterocycles. The minimum atomic E-state index is -0.865. The number of benzene rings is 1. The summed E-state index contributed by atoms with van der Waals surface area (Å²) in [7, 11) is 0. The van der Waals surface area contributed by atoms with Crippen LogP contribution in [0.5, 0.6) is 0 Å². The van der Waals surface area contributed by atoms with E-state index in [4.69, 9.17) is 5.11 Å². The number of hydrogen-bond donors (Lipinski definition) is 1. The summed E-state index contributed by atoms with van der Waals surface area (Å²) in [6.45, 7) is 5.00. The van der Waals surface area contributed by atoms with Crippen molar-refractivity contribution >= 4 is 12.0 Å². The van der Waals surface area contributed by atoms with Gasteiger partial charge in [0, 0.05) is 12.1 Å². The summed E-state index contributed by atoms with van der Waals surface area (Å²) in [5.41, 5.74) is 2.60. The van der Waals surface area contributed by atoms with Crippen molar-refractivity contribution in [1.29, 1.82) is 0 Å². The standard InChI is InChI=1S/C15H19NO2/c1-12(15(17)18)10-13-4-6-14(7-5-13)11-16-8-2-3-9-16/h4-7,10H,2-3,8-9,11H2,1H3,(H,17,18)/b12-10+. The highest BCUT2D eigenvalue weighted by Crippen LogP contribution is 2.14. The molecule has 0 unspecified atom stereocenters. The van der Waals surface area contributed by atoms with Crippen molar-refractivity contribution in [3.63, 3.8) is 0 Å². The molecule has 0 saturated carbocycles. The first kappa shape index (κ1) is 12.8. The van der Waals surface area contributed by atoms with Gasteiger partial charge in [0.05, 0.1) is 0 Å². The molecule has 1 saturated heterocycles. The van der Waals surface area contributed by atoms with E-state index in [9.17, 15) is 4.79 Å². The van der Waals surface area contributed by atoms with Gasteiger partial charge < -0.3 is 5.11 Å². The van der Waals surface area contributed by atoms with Crippen LogP contribution < -0.4 is 0 Å². The average Bonchev–Trinajstić information content (AvgIpc) is 2.84. The van der Waals surface area contributed by atoms with Gasteiger partial charge in [-0.1, -0.05) is 24.3 Å².